The predicted octanol–water partition coefficient (Wildman–Crippen LogP) is 1.05. The van der Waals surface area contributed by atoms with Crippen LogP contribution in [-0.2, 0) is 14.4 Å². The molecule has 28 heavy (non-hydrogen) atoms. The van der Waals surface area contributed by atoms with E-state index >= 15 is 0 Å². The summed E-state index contributed by atoms with van der Waals surface area (Å²) in [4.78, 5) is 63.6. The second-order valence-electron chi connectivity index (χ2n) is 6.34. The van der Waals surface area contributed by atoms with E-state index < -0.39 is 35.6 Å². The van der Waals surface area contributed by atoms with Crippen molar-refractivity contribution in [3.63, 3.8) is 0 Å². The number of imide groups is 3. The predicted molar refractivity (Wildman–Crippen MR) is 95.8 cm³/mol. The van der Waals surface area contributed by atoms with Crippen LogP contribution in [-0.4, -0.2) is 48.0 Å². The number of hydrogen-bond acceptors (Lipinski definition) is 6. The maximum atomic E-state index is 12.8. The van der Waals surface area contributed by atoms with E-state index in [-0.39, 0.29) is 11.1 Å². The highest BCUT2D eigenvalue weighted by atomic mass is 16.5. The van der Waals surface area contributed by atoms with Crippen molar-refractivity contribution >= 4 is 35.6 Å². The molecule has 1 fully saturated rings. The third kappa shape index (κ3) is 2.34. The minimum Gasteiger partial charge on any atom is -0.497 e. The molecule has 140 valence electrons. The first kappa shape index (κ1) is 17.6. The van der Waals surface area contributed by atoms with Crippen LogP contribution in [0.5, 0.6) is 5.75 Å². The fraction of sp³-hybridized carbons (Fsp3) is 0.150. The first-order chi connectivity index (χ1) is 13.5. The average molecular weight is 378 g/mol. The molecule has 2 aliphatic rings. The lowest BCUT2D eigenvalue weighted by atomic mass is 9.86. The van der Waals surface area contributed by atoms with Crippen molar-refractivity contribution in [1.29, 1.82) is 0 Å². The Bertz CT molecular complexity index is 994. The highest BCUT2D eigenvalue weighted by Crippen LogP contribution is 2.35. The van der Waals surface area contributed by atoms with Crippen LogP contribution < -0.4 is 9.64 Å². The van der Waals surface area contributed by atoms with Crippen LogP contribution >= 0.6 is 0 Å². The van der Waals surface area contributed by atoms with E-state index in [1.807, 2.05) is 0 Å². The van der Waals surface area contributed by atoms with Gasteiger partial charge in [0.2, 0.25) is 5.91 Å². The largest absolute Gasteiger partial charge is 0.497 e. The van der Waals surface area contributed by atoms with Crippen molar-refractivity contribution in [3.8, 4) is 5.75 Å². The molecule has 2 aromatic carbocycles. The molecule has 0 N–H and O–H groups in total. The Morgan fingerprint density at radius 1 is 0.964 bits per heavy atom. The van der Waals surface area contributed by atoms with Crippen LogP contribution in [0, 0.1) is 5.92 Å². The molecule has 2 aromatic rings. The Morgan fingerprint density at radius 3 is 2.04 bits per heavy atom. The van der Waals surface area contributed by atoms with E-state index in [0.717, 1.165) is 4.90 Å². The molecule has 8 nitrogen and oxygen atoms in total. The molecule has 1 saturated heterocycles. The van der Waals surface area contributed by atoms with Gasteiger partial charge in [0.25, 0.3) is 17.7 Å². The zero-order valence-electron chi connectivity index (χ0n) is 14.7. The second kappa shape index (κ2) is 6.41. The van der Waals surface area contributed by atoms with Gasteiger partial charge in [-0.1, -0.05) is 12.1 Å². The van der Waals surface area contributed by atoms with Crippen LogP contribution in [0.15, 0.2) is 48.5 Å². The normalized spacial score (nSPS) is 20.7. The zero-order chi connectivity index (χ0) is 20.0. The highest BCUT2D eigenvalue weighted by molar-refractivity contribution is 6.33. The van der Waals surface area contributed by atoms with Crippen molar-refractivity contribution in [2.45, 2.75) is 6.04 Å². The van der Waals surface area contributed by atoms with Gasteiger partial charge < -0.3 is 14.4 Å². The molecule has 0 bridgehead atoms. The van der Waals surface area contributed by atoms with Crippen LogP contribution in [0.1, 0.15) is 20.7 Å². The second-order valence-corrected chi connectivity index (χ2v) is 6.34. The van der Waals surface area contributed by atoms with E-state index in [0.29, 0.717) is 22.6 Å². The Hall–Kier alpha value is -3.81. The van der Waals surface area contributed by atoms with Gasteiger partial charge in [0, 0.05) is 5.69 Å². The van der Waals surface area contributed by atoms with Gasteiger partial charge in [0.15, 0.2) is 0 Å². The summed E-state index contributed by atoms with van der Waals surface area (Å²) in [6.45, 7) is 0. The van der Waals surface area contributed by atoms with Crippen LogP contribution in [0.4, 0.5) is 5.69 Å². The molecule has 0 spiro atoms. The number of methoxy groups -OCH3 is 1. The topological polar surface area (TPSA) is 101 Å². The van der Waals surface area contributed by atoms with E-state index in [9.17, 15) is 24.0 Å². The number of rotatable bonds is 4. The zero-order valence-corrected chi connectivity index (χ0v) is 14.7. The van der Waals surface area contributed by atoms with Gasteiger partial charge in [-0.05, 0) is 36.4 Å². The van der Waals surface area contributed by atoms with Crippen molar-refractivity contribution in [3.05, 3.63) is 59.7 Å². The van der Waals surface area contributed by atoms with E-state index in [4.69, 9.17) is 4.74 Å². The quantitative estimate of drug-likeness (QED) is 0.341. The molecule has 0 radical (unpaired) electrons. The molecular weight excluding hydrogens is 364 g/mol. The lowest BCUT2D eigenvalue weighted by Crippen LogP contribution is -2.67. The van der Waals surface area contributed by atoms with E-state index in [2.05, 4.69) is 0 Å². The average Bonchev–Trinajstić information content (AvgIpc) is 2.97. The van der Waals surface area contributed by atoms with E-state index in [1.165, 1.54) is 19.2 Å². The van der Waals surface area contributed by atoms with E-state index in [1.54, 1.807) is 36.4 Å². The van der Waals surface area contributed by atoms with Gasteiger partial charge in [-0.2, -0.15) is 0 Å². The van der Waals surface area contributed by atoms with Crippen molar-refractivity contribution < 1.29 is 28.7 Å². The maximum Gasteiger partial charge on any atom is 0.268 e. The summed E-state index contributed by atoms with van der Waals surface area (Å²) in [7, 11) is 1.49. The minimum atomic E-state index is -1.41. The molecule has 2 aliphatic heterocycles. The minimum absolute atomic E-state index is 0.0993. The summed E-state index contributed by atoms with van der Waals surface area (Å²) in [5, 5.41) is 0. The molecule has 4 rings (SSSR count). The lowest BCUT2D eigenvalue weighted by molar-refractivity contribution is -0.146. The number of nitrogens with zero attached hydrogens (tertiary/aromatic N) is 2. The number of carbonyl (C=O) groups excluding carboxylic acids is 5. The number of carbonyl (C=O) groups is 5. The third-order valence-electron chi connectivity index (χ3n) is 4.91. The lowest BCUT2D eigenvalue weighted by Gasteiger charge is -2.43. The molecule has 0 aromatic heterocycles. The number of anilines is 1. The van der Waals surface area contributed by atoms with Crippen molar-refractivity contribution in [2.75, 3.05) is 12.0 Å². The van der Waals surface area contributed by atoms with Gasteiger partial charge in [-0.25, -0.2) is 4.90 Å². The van der Waals surface area contributed by atoms with Gasteiger partial charge in [0.1, 0.15) is 24.0 Å². The molecule has 2 heterocycles. The Labute approximate surface area is 159 Å². The Kier molecular flexibility index (Phi) is 4.03. The Balaban J connectivity index is 1.61. The number of β-lactam (4-membered cyclic amide) rings is 1. The summed E-state index contributed by atoms with van der Waals surface area (Å²) >= 11 is 0. The number of aldehydes is 1. The number of fused-ring (bicyclic) bond motifs is 1. The van der Waals surface area contributed by atoms with Gasteiger partial charge in [-0.15, -0.1) is 0 Å². The molecule has 0 unspecified atom stereocenters. The number of ether oxygens (including phenoxy) is 1. The summed E-state index contributed by atoms with van der Waals surface area (Å²) < 4.78 is 5.05. The van der Waals surface area contributed by atoms with Crippen LogP contribution in [0.2, 0.25) is 0 Å². The van der Waals surface area contributed by atoms with Crippen LogP contribution in [0.25, 0.3) is 0 Å². The van der Waals surface area contributed by atoms with Crippen molar-refractivity contribution in [2.24, 2.45) is 5.92 Å². The van der Waals surface area contributed by atoms with Crippen molar-refractivity contribution in [1.82, 2.24) is 4.90 Å². The fourth-order valence-electron chi connectivity index (χ4n) is 3.47. The monoisotopic (exact) mass is 378 g/mol. The summed E-state index contributed by atoms with van der Waals surface area (Å²) in [6.07, 6.45) is 0.465. The van der Waals surface area contributed by atoms with Gasteiger partial charge in [-0.3, -0.25) is 19.2 Å². The molecule has 2 atom stereocenters. The maximum absolute atomic E-state index is 12.8. The smallest absolute Gasteiger partial charge is 0.268 e. The SMILES string of the molecule is COc1ccc(N2C(=O)[C@H](C(=O)N3C(=O)c4ccccc4C3=O)[C@@H]2C=O)cc1. The highest BCUT2D eigenvalue weighted by Gasteiger charge is 2.56. The number of hydrogen-bond donors (Lipinski definition) is 0. The fourth-order valence-corrected chi connectivity index (χ4v) is 3.47. The molecule has 0 saturated carbocycles. The Morgan fingerprint density at radius 2 is 1.54 bits per heavy atom. The standard InChI is InChI=1S/C20H14N2O6/c1-28-12-8-6-11(7-9-12)21-15(10-23)16(19(21)26)20(27)22-17(24)13-4-2-3-5-14(13)18(22)25/h2-10,15-16H,1H3/t15-,16+/m0/s1. The van der Waals surface area contributed by atoms with Gasteiger partial charge in [0.05, 0.1) is 18.2 Å². The first-order valence-corrected chi connectivity index (χ1v) is 8.43. The molecule has 0 aliphatic carbocycles. The molecule has 4 amide bonds. The summed E-state index contributed by atoms with van der Waals surface area (Å²) in [6, 6.07) is 11.3. The first-order valence-electron chi connectivity index (χ1n) is 8.43. The third-order valence-corrected chi connectivity index (χ3v) is 4.91. The molecular formula is C20H14N2O6. The van der Waals surface area contributed by atoms with Crippen LogP contribution in [0.3, 0.4) is 0 Å². The summed E-state index contributed by atoms with van der Waals surface area (Å²) in [5.74, 6) is -4.06. The number of amides is 4. The molecule has 8 heteroatoms. The van der Waals surface area contributed by atoms with Gasteiger partial charge >= 0.3 is 0 Å². The summed E-state index contributed by atoms with van der Waals surface area (Å²) in [5.41, 5.74) is 0.610. The number of benzene rings is 2.